The van der Waals surface area contributed by atoms with E-state index in [0.717, 1.165) is 12.8 Å². The first-order valence-corrected chi connectivity index (χ1v) is 5.48. The minimum absolute atomic E-state index is 0.233. The van der Waals surface area contributed by atoms with Crippen molar-refractivity contribution in [3.05, 3.63) is 0 Å². The van der Waals surface area contributed by atoms with Crippen molar-refractivity contribution in [3.8, 4) is 0 Å². The van der Waals surface area contributed by atoms with Gasteiger partial charge in [-0.15, -0.1) is 0 Å². The molecule has 0 aromatic heterocycles. The van der Waals surface area contributed by atoms with Crippen molar-refractivity contribution in [2.24, 2.45) is 17.8 Å². The molecule has 0 spiro atoms. The van der Waals surface area contributed by atoms with E-state index in [0.29, 0.717) is 11.8 Å². The zero-order valence-corrected chi connectivity index (χ0v) is 8.61. The van der Waals surface area contributed by atoms with Crippen molar-refractivity contribution in [3.63, 3.8) is 0 Å². The number of aliphatic hydroxyl groups excluding tert-OH is 1. The minimum atomic E-state index is -0.471. The zero-order chi connectivity index (χ0) is 10.1. The molecule has 1 N–H and O–H groups in total. The third-order valence-electron chi connectivity index (χ3n) is 3.89. The average Bonchev–Trinajstić information content (AvgIpc) is 2.62. The van der Waals surface area contributed by atoms with Crippen LogP contribution in [0.2, 0.25) is 0 Å². The van der Waals surface area contributed by atoms with Crippen molar-refractivity contribution in [2.45, 2.75) is 38.2 Å². The maximum absolute atomic E-state index is 11.4. The van der Waals surface area contributed by atoms with Crippen molar-refractivity contribution in [2.75, 3.05) is 7.11 Å². The fourth-order valence-electron chi connectivity index (χ4n) is 3.10. The molecule has 0 radical (unpaired) electrons. The van der Waals surface area contributed by atoms with Gasteiger partial charge in [0.05, 0.1) is 19.1 Å². The SMILES string of the molecule is COC(=O)[C@H]1C[C@H]2CCC[C@@H]2C[C@@H]1O. The van der Waals surface area contributed by atoms with Crippen LogP contribution in [0.5, 0.6) is 0 Å². The molecule has 2 aliphatic rings. The van der Waals surface area contributed by atoms with Crippen LogP contribution in [0.25, 0.3) is 0 Å². The quantitative estimate of drug-likeness (QED) is 0.647. The second-order valence-corrected chi connectivity index (χ2v) is 4.62. The molecule has 3 nitrogen and oxygen atoms in total. The van der Waals surface area contributed by atoms with E-state index in [1.54, 1.807) is 0 Å². The van der Waals surface area contributed by atoms with Gasteiger partial charge in [0, 0.05) is 0 Å². The Hall–Kier alpha value is -0.570. The summed E-state index contributed by atoms with van der Waals surface area (Å²) in [6.45, 7) is 0. The van der Waals surface area contributed by atoms with E-state index in [4.69, 9.17) is 4.74 Å². The van der Waals surface area contributed by atoms with E-state index in [1.807, 2.05) is 0 Å². The van der Waals surface area contributed by atoms with Crippen LogP contribution >= 0.6 is 0 Å². The number of carbonyl (C=O) groups is 1. The number of carbonyl (C=O) groups excluding carboxylic acids is 1. The Morgan fingerprint density at radius 3 is 2.57 bits per heavy atom. The molecule has 0 bridgehead atoms. The van der Waals surface area contributed by atoms with E-state index in [9.17, 15) is 9.90 Å². The molecule has 2 saturated carbocycles. The van der Waals surface area contributed by atoms with Gasteiger partial charge in [-0.05, 0) is 24.7 Å². The molecule has 2 fully saturated rings. The van der Waals surface area contributed by atoms with Crippen LogP contribution in [0.15, 0.2) is 0 Å². The van der Waals surface area contributed by atoms with Gasteiger partial charge in [-0.3, -0.25) is 4.79 Å². The summed E-state index contributed by atoms with van der Waals surface area (Å²) in [5.74, 6) is 0.815. The fourth-order valence-corrected chi connectivity index (χ4v) is 3.10. The predicted octanol–water partition coefficient (Wildman–Crippen LogP) is 1.35. The molecule has 0 heterocycles. The number of rotatable bonds is 1. The monoisotopic (exact) mass is 198 g/mol. The van der Waals surface area contributed by atoms with E-state index in [1.165, 1.54) is 26.4 Å². The van der Waals surface area contributed by atoms with Gasteiger partial charge in [-0.2, -0.15) is 0 Å². The zero-order valence-electron chi connectivity index (χ0n) is 8.61. The van der Waals surface area contributed by atoms with Crippen LogP contribution in [-0.2, 0) is 9.53 Å². The van der Waals surface area contributed by atoms with Crippen LogP contribution in [0.3, 0.4) is 0 Å². The Morgan fingerprint density at radius 2 is 1.93 bits per heavy atom. The molecule has 0 saturated heterocycles. The smallest absolute Gasteiger partial charge is 0.311 e. The molecule has 0 aliphatic heterocycles. The lowest BCUT2D eigenvalue weighted by atomic mass is 9.74. The van der Waals surface area contributed by atoms with Gasteiger partial charge in [0.2, 0.25) is 0 Å². The Kier molecular flexibility index (Phi) is 2.77. The molecular formula is C11H18O3. The molecule has 2 aliphatic carbocycles. The van der Waals surface area contributed by atoms with Gasteiger partial charge in [-0.25, -0.2) is 0 Å². The number of esters is 1. The van der Waals surface area contributed by atoms with E-state index in [-0.39, 0.29) is 11.9 Å². The number of methoxy groups -OCH3 is 1. The topological polar surface area (TPSA) is 46.5 Å². The van der Waals surface area contributed by atoms with E-state index in [2.05, 4.69) is 0 Å². The van der Waals surface area contributed by atoms with Crippen LogP contribution < -0.4 is 0 Å². The maximum atomic E-state index is 11.4. The van der Waals surface area contributed by atoms with Crippen molar-refractivity contribution in [1.29, 1.82) is 0 Å². The largest absolute Gasteiger partial charge is 0.469 e. The molecule has 0 amide bonds. The molecule has 0 aromatic rings. The van der Waals surface area contributed by atoms with Gasteiger partial charge in [0.15, 0.2) is 0 Å². The second-order valence-electron chi connectivity index (χ2n) is 4.62. The Morgan fingerprint density at radius 1 is 1.29 bits per heavy atom. The molecule has 3 heteroatoms. The van der Waals surface area contributed by atoms with Gasteiger partial charge in [0.1, 0.15) is 0 Å². The van der Waals surface area contributed by atoms with Gasteiger partial charge in [0.25, 0.3) is 0 Å². The standard InChI is InChI=1S/C11H18O3/c1-14-11(13)9-5-7-3-2-4-8(7)6-10(9)12/h7-10,12H,2-6H2,1H3/t7-,8-,9+,10+/m1/s1. The third-order valence-corrected chi connectivity index (χ3v) is 3.89. The van der Waals surface area contributed by atoms with Crippen molar-refractivity contribution in [1.82, 2.24) is 0 Å². The van der Waals surface area contributed by atoms with Gasteiger partial charge >= 0.3 is 5.97 Å². The molecule has 14 heavy (non-hydrogen) atoms. The highest BCUT2D eigenvalue weighted by molar-refractivity contribution is 5.73. The predicted molar refractivity (Wildman–Crippen MR) is 51.6 cm³/mol. The minimum Gasteiger partial charge on any atom is -0.469 e. The summed E-state index contributed by atoms with van der Waals surface area (Å²) in [7, 11) is 1.40. The first-order valence-electron chi connectivity index (χ1n) is 5.48. The number of ether oxygens (including phenoxy) is 1. The Bertz CT molecular complexity index is 227. The summed E-state index contributed by atoms with van der Waals surface area (Å²) in [6, 6.07) is 0. The molecule has 2 rings (SSSR count). The van der Waals surface area contributed by atoms with E-state index >= 15 is 0 Å². The number of hydrogen-bond acceptors (Lipinski definition) is 3. The van der Waals surface area contributed by atoms with Gasteiger partial charge in [-0.1, -0.05) is 19.3 Å². The molecule has 0 unspecified atom stereocenters. The van der Waals surface area contributed by atoms with Crippen LogP contribution in [-0.4, -0.2) is 24.3 Å². The Balaban J connectivity index is 2.02. The first kappa shape index (κ1) is 9.97. The number of fused-ring (bicyclic) bond motifs is 1. The lowest BCUT2D eigenvalue weighted by molar-refractivity contribution is -0.153. The third kappa shape index (κ3) is 1.65. The number of aliphatic hydroxyl groups is 1. The van der Waals surface area contributed by atoms with E-state index < -0.39 is 6.10 Å². The van der Waals surface area contributed by atoms with Crippen molar-refractivity contribution >= 4 is 5.97 Å². The summed E-state index contributed by atoms with van der Waals surface area (Å²) in [5.41, 5.74) is 0. The maximum Gasteiger partial charge on any atom is 0.311 e. The normalized spacial score (nSPS) is 41.9. The highest BCUT2D eigenvalue weighted by Gasteiger charge is 2.41. The van der Waals surface area contributed by atoms with Crippen LogP contribution in [0, 0.1) is 17.8 Å². The lowest BCUT2D eigenvalue weighted by Gasteiger charge is -2.34. The summed E-state index contributed by atoms with van der Waals surface area (Å²) in [5, 5.41) is 9.82. The first-order chi connectivity index (χ1) is 6.72. The molecule has 4 atom stereocenters. The summed E-state index contributed by atoms with van der Waals surface area (Å²) >= 11 is 0. The van der Waals surface area contributed by atoms with Crippen LogP contribution in [0.4, 0.5) is 0 Å². The molecular weight excluding hydrogens is 180 g/mol. The molecule has 0 aromatic carbocycles. The fraction of sp³-hybridized carbons (Fsp3) is 0.909. The summed E-state index contributed by atoms with van der Waals surface area (Å²) in [6.07, 6.45) is 4.88. The number of hydrogen-bond donors (Lipinski definition) is 1. The highest BCUT2D eigenvalue weighted by Crippen LogP contribution is 2.44. The Labute approximate surface area is 84.4 Å². The van der Waals surface area contributed by atoms with Crippen molar-refractivity contribution < 1.29 is 14.6 Å². The summed E-state index contributed by atoms with van der Waals surface area (Å²) < 4.78 is 4.71. The second kappa shape index (κ2) is 3.89. The van der Waals surface area contributed by atoms with Gasteiger partial charge < -0.3 is 9.84 Å². The van der Waals surface area contributed by atoms with Crippen LogP contribution in [0.1, 0.15) is 32.1 Å². The average molecular weight is 198 g/mol. The summed E-state index contributed by atoms with van der Waals surface area (Å²) in [4.78, 5) is 11.4. The lowest BCUT2D eigenvalue weighted by Crippen LogP contribution is -2.38. The molecule has 80 valence electrons. The highest BCUT2D eigenvalue weighted by atomic mass is 16.5.